The Morgan fingerprint density at radius 3 is 2.41 bits per heavy atom. The predicted octanol–water partition coefficient (Wildman–Crippen LogP) is 0.638. The number of likely N-dealkylation sites (tertiary alicyclic amines) is 1. The van der Waals surface area contributed by atoms with Crippen LogP contribution >= 0.6 is 0 Å². The lowest BCUT2D eigenvalue weighted by atomic mass is 9.87. The number of nitrogens with one attached hydrogen (secondary N) is 2. The predicted molar refractivity (Wildman–Crippen MR) is 80.1 cm³/mol. The highest BCUT2D eigenvalue weighted by atomic mass is 16.5. The maximum Gasteiger partial charge on any atom is 0.322 e. The molecule has 2 aliphatic heterocycles. The summed E-state index contributed by atoms with van der Waals surface area (Å²) in [6.45, 7) is 7.45. The first-order chi connectivity index (χ1) is 10.3. The number of urea groups is 1. The van der Waals surface area contributed by atoms with E-state index in [2.05, 4.69) is 24.5 Å². The molecule has 2 saturated heterocycles. The Morgan fingerprint density at radius 2 is 1.91 bits per heavy atom. The van der Waals surface area contributed by atoms with Crippen LogP contribution in [0.25, 0.3) is 0 Å². The van der Waals surface area contributed by atoms with Crippen LogP contribution in [0.5, 0.6) is 0 Å². The Hall–Kier alpha value is -1.63. The fourth-order valence-corrected chi connectivity index (χ4v) is 2.80. The third-order valence-corrected chi connectivity index (χ3v) is 4.35. The lowest BCUT2D eigenvalue weighted by Gasteiger charge is -2.37. The second kappa shape index (κ2) is 6.64. The van der Waals surface area contributed by atoms with E-state index < -0.39 is 17.7 Å². The normalized spacial score (nSPS) is 21.9. The summed E-state index contributed by atoms with van der Waals surface area (Å²) in [5.41, 5.74) is -0.838. The van der Waals surface area contributed by atoms with Crippen LogP contribution < -0.4 is 10.6 Å². The minimum Gasteiger partial charge on any atom is -0.369 e. The summed E-state index contributed by atoms with van der Waals surface area (Å²) >= 11 is 0. The van der Waals surface area contributed by atoms with Gasteiger partial charge in [-0.05, 0) is 32.1 Å². The van der Waals surface area contributed by atoms with Crippen LogP contribution in [-0.4, -0.2) is 54.1 Å². The molecule has 7 heteroatoms. The summed E-state index contributed by atoms with van der Waals surface area (Å²) in [6, 6.07) is -0.449. The maximum atomic E-state index is 12.3. The van der Waals surface area contributed by atoms with Gasteiger partial charge in [0.25, 0.3) is 11.8 Å². The van der Waals surface area contributed by atoms with Crippen LogP contribution in [0.4, 0.5) is 4.79 Å². The van der Waals surface area contributed by atoms with Crippen molar-refractivity contribution in [2.45, 2.75) is 51.7 Å². The lowest BCUT2D eigenvalue weighted by Crippen LogP contribution is -2.56. The molecule has 0 aromatic carbocycles. The van der Waals surface area contributed by atoms with E-state index in [0.717, 1.165) is 6.42 Å². The molecule has 0 aromatic heterocycles. The van der Waals surface area contributed by atoms with Gasteiger partial charge in [0.1, 0.15) is 11.6 Å². The molecule has 1 spiro atoms. The molecule has 2 fully saturated rings. The Bertz CT molecular complexity index is 456. The summed E-state index contributed by atoms with van der Waals surface area (Å²) < 4.78 is 5.58. The van der Waals surface area contributed by atoms with Gasteiger partial charge in [0.15, 0.2) is 0 Å². The van der Waals surface area contributed by atoms with Gasteiger partial charge in [0, 0.05) is 19.7 Å². The highest BCUT2D eigenvalue weighted by Crippen LogP contribution is 2.26. The topological polar surface area (TPSA) is 87.7 Å². The first-order valence-electron chi connectivity index (χ1n) is 7.88. The molecular weight excluding hydrogens is 286 g/mol. The first-order valence-corrected chi connectivity index (χ1v) is 7.88. The highest BCUT2D eigenvalue weighted by molar-refractivity contribution is 6.07. The SMILES string of the molecule is CC(C)CCO[C@H](C)C(=O)N1CCC2(CC1)NC(=O)NC2=O. The fraction of sp³-hybridized carbons (Fsp3) is 0.800. The number of carbonyl (C=O) groups excluding carboxylic acids is 3. The molecule has 2 N–H and O–H groups in total. The zero-order chi connectivity index (χ0) is 16.3. The molecule has 0 saturated carbocycles. The van der Waals surface area contributed by atoms with E-state index in [4.69, 9.17) is 4.74 Å². The van der Waals surface area contributed by atoms with E-state index >= 15 is 0 Å². The zero-order valence-electron chi connectivity index (χ0n) is 13.5. The van der Waals surface area contributed by atoms with Crippen LogP contribution in [0.2, 0.25) is 0 Å². The molecule has 0 unspecified atom stereocenters. The molecule has 2 aliphatic rings. The van der Waals surface area contributed by atoms with Gasteiger partial charge in [-0.25, -0.2) is 4.79 Å². The third-order valence-electron chi connectivity index (χ3n) is 4.35. The smallest absolute Gasteiger partial charge is 0.322 e. The van der Waals surface area contributed by atoms with Crippen molar-refractivity contribution in [1.82, 2.24) is 15.5 Å². The largest absolute Gasteiger partial charge is 0.369 e. The lowest BCUT2D eigenvalue weighted by molar-refractivity contribution is -0.145. The first kappa shape index (κ1) is 16.7. The van der Waals surface area contributed by atoms with Gasteiger partial charge in [-0.15, -0.1) is 0 Å². The highest BCUT2D eigenvalue weighted by Gasteiger charge is 2.48. The van der Waals surface area contributed by atoms with Gasteiger partial charge >= 0.3 is 6.03 Å². The molecule has 0 bridgehead atoms. The summed E-state index contributed by atoms with van der Waals surface area (Å²) in [5, 5.41) is 4.95. The van der Waals surface area contributed by atoms with E-state index in [0.29, 0.717) is 38.5 Å². The van der Waals surface area contributed by atoms with Crippen LogP contribution in [0.1, 0.15) is 40.0 Å². The number of amides is 4. The van der Waals surface area contributed by atoms with Crippen LogP contribution in [-0.2, 0) is 14.3 Å². The van der Waals surface area contributed by atoms with Crippen molar-refractivity contribution in [3.05, 3.63) is 0 Å². The molecule has 0 aromatic rings. The Balaban J connectivity index is 1.82. The minimum atomic E-state index is -0.838. The molecule has 4 amide bonds. The Morgan fingerprint density at radius 1 is 1.27 bits per heavy atom. The summed E-state index contributed by atoms with van der Waals surface area (Å²) in [5.74, 6) is 0.204. The van der Waals surface area contributed by atoms with Crippen molar-refractivity contribution < 1.29 is 19.1 Å². The van der Waals surface area contributed by atoms with Gasteiger partial charge in [-0.1, -0.05) is 13.8 Å². The molecular formula is C15H25N3O4. The van der Waals surface area contributed by atoms with E-state index in [1.807, 2.05) is 0 Å². The quantitative estimate of drug-likeness (QED) is 0.729. The third kappa shape index (κ3) is 3.58. The number of rotatable bonds is 5. The van der Waals surface area contributed by atoms with Crippen molar-refractivity contribution in [3.63, 3.8) is 0 Å². The Labute approximate surface area is 130 Å². The molecule has 2 rings (SSSR count). The van der Waals surface area contributed by atoms with Gasteiger partial charge in [0.2, 0.25) is 0 Å². The number of hydrogen-bond acceptors (Lipinski definition) is 4. The van der Waals surface area contributed by atoms with Crippen LogP contribution in [0.3, 0.4) is 0 Å². The van der Waals surface area contributed by atoms with Gasteiger partial charge in [-0.2, -0.15) is 0 Å². The van der Waals surface area contributed by atoms with E-state index in [1.165, 1.54) is 0 Å². The van der Waals surface area contributed by atoms with Gasteiger partial charge in [0.05, 0.1) is 0 Å². The van der Waals surface area contributed by atoms with E-state index in [9.17, 15) is 14.4 Å². The number of hydrogen-bond donors (Lipinski definition) is 2. The van der Waals surface area contributed by atoms with Crippen molar-refractivity contribution >= 4 is 17.8 Å². The molecule has 0 radical (unpaired) electrons. The van der Waals surface area contributed by atoms with Crippen LogP contribution in [0, 0.1) is 5.92 Å². The summed E-state index contributed by atoms with van der Waals surface area (Å²) in [6.07, 6.45) is 1.33. The second-order valence-corrected chi connectivity index (χ2v) is 6.51. The van der Waals surface area contributed by atoms with Gasteiger partial charge < -0.3 is 15.0 Å². The van der Waals surface area contributed by atoms with E-state index in [1.54, 1.807) is 11.8 Å². The molecule has 2 heterocycles. The Kier molecular flexibility index (Phi) is 5.05. The van der Waals surface area contributed by atoms with Crippen molar-refractivity contribution in [2.24, 2.45) is 5.92 Å². The number of ether oxygens (including phenoxy) is 1. The van der Waals surface area contributed by atoms with Gasteiger partial charge in [-0.3, -0.25) is 14.9 Å². The molecule has 0 aliphatic carbocycles. The number of piperidine rings is 1. The van der Waals surface area contributed by atoms with E-state index in [-0.39, 0.29) is 11.8 Å². The second-order valence-electron chi connectivity index (χ2n) is 6.51. The molecule has 22 heavy (non-hydrogen) atoms. The van der Waals surface area contributed by atoms with Crippen molar-refractivity contribution in [1.29, 1.82) is 0 Å². The molecule has 7 nitrogen and oxygen atoms in total. The zero-order valence-corrected chi connectivity index (χ0v) is 13.5. The van der Waals surface area contributed by atoms with Crippen molar-refractivity contribution in [3.8, 4) is 0 Å². The number of nitrogens with zero attached hydrogens (tertiary/aromatic N) is 1. The average Bonchev–Trinajstić information content (AvgIpc) is 2.72. The monoisotopic (exact) mass is 311 g/mol. The standard InChI is InChI=1S/C15H25N3O4/c1-10(2)4-9-22-11(3)12(19)18-7-5-15(6-8-18)13(20)16-14(21)17-15/h10-11H,4-9H2,1-3H3,(H2,16,17,20,21)/t11-/m1/s1. The average molecular weight is 311 g/mol. The minimum absolute atomic E-state index is 0.0525. The molecule has 1 atom stereocenters. The number of imide groups is 1. The molecule has 124 valence electrons. The van der Waals surface area contributed by atoms with Crippen molar-refractivity contribution in [2.75, 3.05) is 19.7 Å². The maximum absolute atomic E-state index is 12.3. The number of carbonyl (C=O) groups is 3. The fourth-order valence-electron chi connectivity index (χ4n) is 2.80. The summed E-state index contributed by atoms with van der Waals surface area (Å²) in [7, 11) is 0. The van der Waals surface area contributed by atoms with Crippen LogP contribution in [0.15, 0.2) is 0 Å². The summed E-state index contributed by atoms with van der Waals surface area (Å²) in [4.78, 5) is 37.2.